The molecule has 26 heavy (non-hydrogen) atoms. The molecule has 0 aliphatic carbocycles. The van der Waals surface area contributed by atoms with E-state index in [2.05, 4.69) is 20.6 Å². The van der Waals surface area contributed by atoms with E-state index in [1.165, 1.54) is 0 Å². The minimum Gasteiger partial charge on any atom is -0.368 e. The zero-order valence-electron chi connectivity index (χ0n) is 14.8. The minimum absolute atomic E-state index is 0.241. The maximum absolute atomic E-state index is 12.5. The molecule has 0 bridgehead atoms. The van der Waals surface area contributed by atoms with Gasteiger partial charge in [0, 0.05) is 18.3 Å². The molecule has 1 atom stereocenters. The number of rotatable bonds is 5. The van der Waals surface area contributed by atoms with Crippen molar-refractivity contribution in [3.05, 3.63) is 59.0 Å². The van der Waals surface area contributed by atoms with E-state index in [1.807, 2.05) is 27.0 Å². The number of primary amides is 1. The van der Waals surface area contributed by atoms with Crippen molar-refractivity contribution in [1.82, 2.24) is 25.3 Å². The molecule has 3 rings (SSSR count). The lowest BCUT2D eigenvalue weighted by Crippen LogP contribution is -2.37. The molecule has 0 saturated carbocycles. The molecule has 0 aliphatic heterocycles. The van der Waals surface area contributed by atoms with Gasteiger partial charge in [-0.1, -0.05) is 30.3 Å². The van der Waals surface area contributed by atoms with Gasteiger partial charge in [0.2, 0.25) is 5.91 Å². The number of aromatic amines is 1. The molecule has 0 fully saturated rings. The van der Waals surface area contributed by atoms with Crippen molar-refractivity contribution in [2.45, 2.75) is 19.9 Å². The molecule has 2 heterocycles. The number of hydrogen-bond acceptors (Lipinski definition) is 4. The molecule has 8 nitrogen and oxygen atoms in total. The molecule has 0 saturated heterocycles. The van der Waals surface area contributed by atoms with E-state index < -0.39 is 17.9 Å². The van der Waals surface area contributed by atoms with E-state index in [1.54, 1.807) is 35.0 Å². The average Bonchev–Trinajstić information content (AvgIpc) is 3.18. The fourth-order valence-electron chi connectivity index (χ4n) is 2.88. The number of aromatic nitrogens is 4. The summed E-state index contributed by atoms with van der Waals surface area (Å²) < 4.78 is 1.76. The molecule has 2 aromatic heterocycles. The van der Waals surface area contributed by atoms with Gasteiger partial charge >= 0.3 is 0 Å². The highest BCUT2D eigenvalue weighted by Crippen LogP contribution is 2.25. The van der Waals surface area contributed by atoms with Gasteiger partial charge in [-0.3, -0.25) is 19.4 Å². The van der Waals surface area contributed by atoms with E-state index in [9.17, 15) is 9.59 Å². The third-order valence-electron chi connectivity index (χ3n) is 4.28. The van der Waals surface area contributed by atoms with E-state index in [0.717, 1.165) is 17.0 Å². The van der Waals surface area contributed by atoms with Crippen molar-refractivity contribution in [2.24, 2.45) is 12.8 Å². The first-order valence-corrected chi connectivity index (χ1v) is 8.09. The van der Waals surface area contributed by atoms with Crippen LogP contribution in [0.1, 0.15) is 33.5 Å². The number of aryl methyl sites for hydroxylation is 2. The number of benzene rings is 1. The third kappa shape index (κ3) is 3.21. The zero-order valence-corrected chi connectivity index (χ0v) is 14.8. The van der Waals surface area contributed by atoms with Gasteiger partial charge in [-0.2, -0.15) is 10.2 Å². The maximum atomic E-state index is 12.5. The second-order valence-corrected chi connectivity index (χ2v) is 6.06. The first-order chi connectivity index (χ1) is 12.4. The van der Waals surface area contributed by atoms with Crippen molar-refractivity contribution in [1.29, 1.82) is 0 Å². The minimum atomic E-state index is -0.919. The van der Waals surface area contributed by atoms with Gasteiger partial charge in [-0.05, 0) is 25.5 Å². The molecule has 2 amide bonds. The quantitative estimate of drug-likeness (QED) is 0.643. The lowest BCUT2D eigenvalue weighted by molar-refractivity contribution is -0.120. The fourth-order valence-corrected chi connectivity index (χ4v) is 2.88. The van der Waals surface area contributed by atoms with Crippen LogP contribution in [-0.2, 0) is 11.8 Å². The Morgan fingerprint density at radius 2 is 1.92 bits per heavy atom. The molecule has 0 aliphatic rings. The van der Waals surface area contributed by atoms with E-state index in [4.69, 9.17) is 5.73 Å². The summed E-state index contributed by atoms with van der Waals surface area (Å²) in [6.07, 6.45) is 0. The van der Waals surface area contributed by atoms with Crippen LogP contribution in [0.2, 0.25) is 0 Å². The normalized spacial score (nSPS) is 12.0. The van der Waals surface area contributed by atoms with Crippen LogP contribution >= 0.6 is 0 Å². The van der Waals surface area contributed by atoms with Gasteiger partial charge in [-0.25, -0.2) is 0 Å². The molecule has 0 radical (unpaired) electrons. The topological polar surface area (TPSA) is 119 Å². The largest absolute Gasteiger partial charge is 0.368 e. The summed E-state index contributed by atoms with van der Waals surface area (Å²) in [5.74, 6) is -1.10. The number of amides is 2. The highest BCUT2D eigenvalue weighted by atomic mass is 16.2. The highest BCUT2D eigenvalue weighted by Gasteiger charge is 2.23. The SMILES string of the molecule is Cc1nn(C)c(C)c1-c1cc(C(=O)NC(C(N)=O)c2ccccc2)[nH]n1. The lowest BCUT2D eigenvalue weighted by atomic mass is 10.1. The van der Waals surface area contributed by atoms with Gasteiger partial charge in [0.1, 0.15) is 11.7 Å². The van der Waals surface area contributed by atoms with Gasteiger partial charge in [-0.15, -0.1) is 0 Å². The number of H-pyrrole nitrogens is 1. The Hall–Kier alpha value is -3.42. The molecular formula is C18H20N6O2. The molecule has 134 valence electrons. The Kier molecular flexibility index (Phi) is 4.57. The van der Waals surface area contributed by atoms with Crippen molar-refractivity contribution in [2.75, 3.05) is 0 Å². The Labute approximate surface area is 150 Å². The summed E-state index contributed by atoms with van der Waals surface area (Å²) in [4.78, 5) is 24.3. The summed E-state index contributed by atoms with van der Waals surface area (Å²) >= 11 is 0. The first kappa shape index (κ1) is 17.4. The predicted molar refractivity (Wildman–Crippen MR) is 96.1 cm³/mol. The second kappa shape index (κ2) is 6.83. The van der Waals surface area contributed by atoms with E-state index in [0.29, 0.717) is 11.3 Å². The molecule has 3 aromatic rings. The summed E-state index contributed by atoms with van der Waals surface area (Å²) in [6.45, 7) is 3.82. The lowest BCUT2D eigenvalue weighted by Gasteiger charge is -2.15. The van der Waals surface area contributed by atoms with Gasteiger partial charge in [0.05, 0.1) is 11.4 Å². The van der Waals surface area contributed by atoms with Crippen LogP contribution in [-0.4, -0.2) is 31.8 Å². The van der Waals surface area contributed by atoms with Crippen LogP contribution in [0.4, 0.5) is 0 Å². The second-order valence-electron chi connectivity index (χ2n) is 6.06. The standard InChI is InChI=1S/C18H20N6O2/c1-10-15(11(2)24(3)23-10)13-9-14(22-21-13)18(26)20-16(17(19)25)12-7-5-4-6-8-12/h4-9,16H,1-3H3,(H2,19,25)(H,20,26)(H,21,22). The highest BCUT2D eigenvalue weighted by molar-refractivity contribution is 5.97. The summed E-state index contributed by atoms with van der Waals surface area (Å²) in [6, 6.07) is 9.56. The first-order valence-electron chi connectivity index (χ1n) is 8.09. The van der Waals surface area contributed by atoms with Crippen LogP contribution < -0.4 is 11.1 Å². The summed E-state index contributed by atoms with van der Waals surface area (Å²) in [5, 5.41) is 13.9. The smallest absolute Gasteiger partial charge is 0.270 e. The molecule has 8 heteroatoms. The molecule has 1 aromatic carbocycles. The average molecular weight is 352 g/mol. The number of carbonyl (C=O) groups excluding carboxylic acids is 2. The summed E-state index contributed by atoms with van der Waals surface area (Å²) in [5.41, 5.74) is 9.56. The van der Waals surface area contributed by atoms with Gasteiger partial charge < -0.3 is 11.1 Å². The van der Waals surface area contributed by atoms with Crippen molar-refractivity contribution in [3.8, 4) is 11.3 Å². The van der Waals surface area contributed by atoms with Crippen LogP contribution in [0, 0.1) is 13.8 Å². The zero-order chi connectivity index (χ0) is 18.8. The van der Waals surface area contributed by atoms with E-state index in [-0.39, 0.29) is 5.69 Å². The summed E-state index contributed by atoms with van der Waals surface area (Å²) in [7, 11) is 1.85. The van der Waals surface area contributed by atoms with Crippen LogP contribution in [0.3, 0.4) is 0 Å². The Balaban J connectivity index is 1.85. The Morgan fingerprint density at radius 1 is 1.23 bits per heavy atom. The van der Waals surface area contributed by atoms with Gasteiger partial charge in [0.15, 0.2) is 0 Å². The van der Waals surface area contributed by atoms with Gasteiger partial charge in [0.25, 0.3) is 5.91 Å². The molecule has 4 N–H and O–H groups in total. The number of carbonyl (C=O) groups is 2. The number of hydrogen-bond donors (Lipinski definition) is 3. The molecule has 0 spiro atoms. The monoisotopic (exact) mass is 352 g/mol. The Bertz CT molecular complexity index is 957. The number of nitrogens with one attached hydrogen (secondary N) is 2. The number of nitrogens with zero attached hydrogens (tertiary/aromatic N) is 3. The molecular weight excluding hydrogens is 332 g/mol. The third-order valence-corrected chi connectivity index (χ3v) is 4.28. The fraction of sp³-hybridized carbons (Fsp3) is 0.222. The van der Waals surface area contributed by atoms with E-state index >= 15 is 0 Å². The molecule has 1 unspecified atom stereocenters. The maximum Gasteiger partial charge on any atom is 0.270 e. The van der Waals surface area contributed by atoms with Crippen LogP contribution in [0.5, 0.6) is 0 Å². The predicted octanol–water partition coefficient (Wildman–Crippen LogP) is 1.38. The number of nitrogens with two attached hydrogens (primary N) is 1. The van der Waals surface area contributed by atoms with Crippen molar-refractivity contribution in [3.63, 3.8) is 0 Å². The van der Waals surface area contributed by atoms with Crippen molar-refractivity contribution >= 4 is 11.8 Å². The van der Waals surface area contributed by atoms with Crippen LogP contribution in [0.25, 0.3) is 11.3 Å². The Morgan fingerprint density at radius 3 is 2.50 bits per heavy atom. The van der Waals surface area contributed by atoms with Crippen molar-refractivity contribution < 1.29 is 9.59 Å². The van der Waals surface area contributed by atoms with Crippen LogP contribution in [0.15, 0.2) is 36.4 Å².